The number of sulfonamides is 1. The van der Waals surface area contributed by atoms with Gasteiger partial charge < -0.3 is 4.74 Å². The van der Waals surface area contributed by atoms with E-state index >= 15 is 0 Å². The maximum atomic E-state index is 12.0. The van der Waals surface area contributed by atoms with Crippen molar-refractivity contribution < 1.29 is 17.9 Å². The van der Waals surface area contributed by atoms with Gasteiger partial charge in [0.15, 0.2) is 0 Å². The van der Waals surface area contributed by atoms with Crippen LogP contribution in [-0.2, 0) is 19.6 Å². The van der Waals surface area contributed by atoms with Crippen LogP contribution in [0.15, 0.2) is 29.2 Å². The Hall–Kier alpha value is -1.91. The molecule has 1 N–H and O–H groups in total. The molecule has 1 aliphatic carbocycles. The lowest BCUT2D eigenvalue weighted by Crippen LogP contribution is -2.32. The molecule has 6 nitrogen and oxygen atoms in total. The Kier molecular flexibility index (Phi) is 4.06. The predicted molar refractivity (Wildman–Crippen MR) is 70.0 cm³/mol. The lowest BCUT2D eigenvalue weighted by atomic mass is 10.2. The zero-order valence-electron chi connectivity index (χ0n) is 10.9. The fourth-order valence-electron chi connectivity index (χ4n) is 1.85. The largest absolute Gasteiger partial charge is 0.378 e. The molecule has 0 unspecified atom stereocenters. The SMILES string of the molecule is CCO[C@@H]1C[C@@H]1C(=O)NS(=O)(=O)c1cccc(C#N)c1. The van der Waals surface area contributed by atoms with E-state index in [0.29, 0.717) is 13.0 Å². The lowest BCUT2D eigenvalue weighted by molar-refractivity contribution is -0.121. The fraction of sp³-hybridized carbons (Fsp3) is 0.385. The molecular weight excluding hydrogens is 280 g/mol. The van der Waals surface area contributed by atoms with Crippen LogP contribution < -0.4 is 4.72 Å². The normalized spacial score (nSPS) is 21.0. The molecule has 0 heterocycles. The molecule has 106 valence electrons. The van der Waals surface area contributed by atoms with E-state index in [9.17, 15) is 13.2 Å². The minimum absolute atomic E-state index is 0.0986. The van der Waals surface area contributed by atoms with Crippen LogP contribution in [0.5, 0.6) is 0 Å². The minimum Gasteiger partial charge on any atom is -0.378 e. The van der Waals surface area contributed by atoms with Gasteiger partial charge in [-0.05, 0) is 31.5 Å². The standard InChI is InChI=1S/C13H14N2O4S/c1-2-19-12-7-11(12)13(16)15-20(17,18)10-5-3-4-9(6-10)8-14/h3-6,11-12H,2,7H2,1H3,(H,15,16)/t11-,12+/m0/s1. The second-order valence-corrected chi connectivity index (χ2v) is 6.13. The highest BCUT2D eigenvalue weighted by Crippen LogP contribution is 2.34. The van der Waals surface area contributed by atoms with E-state index < -0.39 is 21.8 Å². The average Bonchev–Trinajstić information content (AvgIpc) is 3.18. The Morgan fingerprint density at radius 3 is 2.95 bits per heavy atom. The Labute approximate surface area is 117 Å². The summed E-state index contributed by atoms with van der Waals surface area (Å²) in [6.07, 6.45) is 0.341. The van der Waals surface area contributed by atoms with Crippen LogP contribution in [0.4, 0.5) is 0 Å². The Balaban J connectivity index is 2.08. The van der Waals surface area contributed by atoms with Gasteiger partial charge in [-0.25, -0.2) is 13.1 Å². The van der Waals surface area contributed by atoms with Crippen molar-refractivity contribution in [2.24, 2.45) is 5.92 Å². The van der Waals surface area contributed by atoms with Crippen LogP contribution in [0.25, 0.3) is 0 Å². The molecule has 2 atom stereocenters. The Bertz CT molecular complexity index is 663. The van der Waals surface area contributed by atoms with Crippen molar-refractivity contribution in [3.8, 4) is 6.07 Å². The summed E-state index contributed by atoms with van der Waals surface area (Å²) in [6.45, 7) is 2.31. The molecule has 7 heteroatoms. The van der Waals surface area contributed by atoms with Crippen molar-refractivity contribution in [1.82, 2.24) is 4.72 Å². The van der Waals surface area contributed by atoms with E-state index in [0.717, 1.165) is 0 Å². The Morgan fingerprint density at radius 1 is 1.55 bits per heavy atom. The molecule has 0 spiro atoms. The number of benzene rings is 1. The second-order valence-electron chi connectivity index (χ2n) is 4.45. The number of hydrogen-bond donors (Lipinski definition) is 1. The van der Waals surface area contributed by atoms with Gasteiger partial charge in [-0.15, -0.1) is 0 Å². The van der Waals surface area contributed by atoms with Crippen LogP contribution in [-0.4, -0.2) is 27.0 Å². The quantitative estimate of drug-likeness (QED) is 0.866. The van der Waals surface area contributed by atoms with E-state index in [2.05, 4.69) is 0 Å². The van der Waals surface area contributed by atoms with E-state index in [-0.39, 0.29) is 16.6 Å². The van der Waals surface area contributed by atoms with E-state index in [1.165, 1.54) is 24.3 Å². The number of nitrogens with one attached hydrogen (secondary N) is 1. The van der Waals surface area contributed by atoms with Crippen LogP contribution in [0, 0.1) is 17.2 Å². The second kappa shape index (κ2) is 5.61. The van der Waals surface area contributed by atoms with Gasteiger partial charge in [0, 0.05) is 6.61 Å². The summed E-state index contributed by atoms with van der Waals surface area (Å²) in [5.41, 5.74) is 0.221. The van der Waals surface area contributed by atoms with Crippen molar-refractivity contribution in [3.63, 3.8) is 0 Å². The third kappa shape index (κ3) is 3.15. The number of nitrogens with zero attached hydrogens (tertiary/aromatic N) is 1. The number of amides is 1. The molecular formula is C13H14N2O4S. The minimum atomic E-state index is -3.94. The van der Waals surface area contributed by atoms with E-state index in [1.807, 2.05) is 17.7 Å². The van der Waals surface area contributed by atoms with Crippen LogP contribution >= 0.6 is 0 Å². The molecule has 1 amide bonds. The molecule has 1 fully saturated rings. The summed E-state index contributed by atoms with van der Waals surface area (Å²) in [7, 11) is -3.94. The zero-order valence-corrected chi connectivity index (χ0v) is 11.7. The number of rotatable bonds is 5. The maximum Gasteiger partial charge on any atom is 0.264 e. The number of hydrogen-bond acceptors (Lipinski definition) is 5. The van der Waals surface area contributed by atoms with Gasteiger partial charge in [0.2, 0.25) is 5.91 Å². The third-order valence-corrected chi connectivity index (χ3v) is 4.30. The van der Waals surface area contributed by atoms with Crippen LogP contribution in [0.3, 0.4) is 0 Å². The summed E-state index contributed by atoms with van der Waals surface area (Å²) in [5.74, 6) is -0.977. The van der Waals surface area contributed by atoms with Gasteiger partial charge in [0.25, 0.3) is 10.0 Å². The topological polar surface area (TPSA) is 96.3 Å². The molecule has 1 saturated carbocycles. The first-order valence-corrected chi connectivity index (χ1v) is 7.64. The Morgan fingerprint density at radius 2 is 2.30 bits per heavy atom. The fourth-order valence-corrected chi connectivity index (χ4v) is 2.92. The number of carbonyl (C=O) groups excluding carboxylic acids is 1. The van der Waals surface area contributed by atoms with Crippen LogP contribution in [0.2, 0.25) is 0 Å². The average molecular weight is 294 g/mol. The predicted octanol–water partition coefficient (Wildman–Crippen LogP) is 0.788. The molecule has 20 heavy (non-hydrogen) atoms. The number of ether oxygens (including phenoxy) is 1. The molecule has 1 aromatic rings. The summed E-state index contributed by atoms with van der Waals surface area (Å²) < 4.78 is 31.3. The van der Waals surface area contributed by atoms with Crippen molar-refractivity contribution in [2.75, 3.05) is 6.61 Å². The van der Waals surface area contributed by atoms with Gasteiger partial charge in [-0.3, -0.25) is 4.79 Å². The molecule has 0 saturated heterocycles. The molecule has 0 bridgehead atoms. The van der Waals surface area contributed by atoms with Crippen molar-refractivity contribution in [1.29, 1.82) is 5.26 Å². The first-order chi connectivity index (χ1) is 9.47. The van der Waals surface area contributed by atoms with E-state index in [1.54, 1.807) is 0 Å². The number of nitriles is 1. The van der Waals surface area contributed by atoms with Gasteiger partial charge >= 0.3 is 0 Å². The monoisotopic (exact) mass is 294 g/mol. The van der Waals surface area contributed by atoms with Gasteiger partial charge in [-0.2, -0.15) is 5.26 Å². The molecule has 0 aliphatic heterocycles. The summed E-state index contributed by atoms with van der Waals surface area (Å²) in [6, 6.07) is 7.36. The van der Waals surface area contributed by atoms with Crippen molar-refractivity contribution in [3.05, 3.63) is 29.8 Å². The van der Waals surface area contributed by atoms with Crippen molar-refractivity contribution >= 4 is 15.9 Å². The highest BCUT2D eigenvalue weighted by molar-refractivity contribution is 7.90. The highest BCUT2D eigenvalue weighted by atomic mass is 32.2. The molecule has 1 aliphatic rings. The molecule has 0 aromatic heterocycles. The molecule has 1 aromatic carbocycles. The summed E-state index contributed by atoms with van der Waals surface area (Å²) in [4.78, 5) is 11.7. The summed E-state index contributed by atoms with van der Waals surface area (Å²) >= 11 is 0. The van der Waals surface area contributed by atoms with Gasteiger partial charge in [0.05, 0.1) is 28.6 Å². The number of carbonyl (C=O) groups is 1. The zero-order chi connectivity index (χ0) is 14.8. The van der Waals surface area contributed by atoms with Gasteiger partial charge in [-0.1, -0.05) is 6.07 Å². The smallest absolute Gasteiger partial charge is 0.264 e. The van der Waals surface area contributed by atoms with E-state index in [4.69, 9.17) is 10.00 Å². The van der Waals surface area contributed by atoms with Gasteiger partial charge in [0.1, 0.15) is 0 Å². The first-order valence-electron chi connectivity index (χ1n) is 6.16. The first kappa shape index (κ1) is 14.5. The van der Waals surface area contributed by atoms with Crippen LogP contribution in [0.1, 0.15) is 18.9 Å². The highest BCUT2D eigenvalue weighted by Gasteiger charge is 2.45. The van der Waals surface area contributed by atoms with Crippen molar-refractivity contribution in [2.45, 2.75) is 24.3 Å². The third-order valence-electron chi connectivity index (χ3n) is 2.96. The lowest BCUT2D eigenvalue weighted by Gasteiger charge is -2.07. The molecule has 0 radical (unpaired) electrons. The summed E-state index contributed by atoms with van der Waals surface area (Å²) in [5, 5.41) is 8.75. The maximum absolute atomic E-state index is 12.0. The molecule has 2 rings (SSSR count).